The maximum absolute atomic E-state index is 12.0. The van der Waals surface area contributed by atoms with Gasteiger partial charge in [0.1, 0.15) is 0 Å². The second-order valence-corrected chi connectivity index (χ2v) is 7.06. The third-order valence-electron chi connectivity index (χ3n) is 4.06. The van der Waals surface area contributed by atoms with Crippen LogP contribution in [0.5, 0.6) is 0 Å². The van der Waals surface area contributed by atoms with Crippen molar-refractivity contribution in [2.24, 2.45) is 11.8 Å². The number of carbonyl (C=O) groups is 1. The maximum Gasteiger partial charge on any atom is 0.261 e. The van der Waals surface area contributed by atoms with Crippen LogP contribution in [0, 0.1) is 18.8 Å². The summed E-state index contributed by atoms with van der Waals surface area (Å²) in [5.41, 5.74) is 6.49. The summed E-state index contributed by atoms with van der Waals surface area (Å²) in [6, 6.07) is 1.78. The van der Waals surface area contributed by atoms with E-state index in [2.05, 4.69) is 12.2 Å². The number of nitrogen functional groups attached to an aromatic ring is 1. The quantitative estimate of drug-likeness (QED) is 0.885. The molecule has 0 bridgehead atoms. The van der Waals surface area contributed by atoms with Crippen LogP contribution in [-0.4, -0.2) is 12.5 Å². The predicted octanol–water partition coefficient (Wildman–Crippen LogP) is 3.58. The van der Waals surface area contributed by atoms with Crippen molar-refractivity contribution in [2.45, 2.75) is 46.0 Å². The molecule has 0 saturated heterocycles. The van der Waals surface area contributed by atoms with Gasteiger partial charge < -0.3 is 11.1 Å². The molecule has 2 rings (SSSR count). The highest BCUT2D eigenvalue weighted by Gasteiger charge is 2.19. The minimum atomic E-state index is 0.0219. The number of carbonyl (C=O) groups excluding carboxylic acids is 1. The van der Waals surface area contributed by atoms with E-state index >= 15 is 0 Å². The van der Waals surface area contributed by atoms with E-state index < -0.39 is 0 Å². The number of hydrogen-bond donors (Lipinski definition) is 2. The zero-order chi connectivity index (χ0) is 13.8. The van der Waals surface area contributed by atoms with Gasteiger partial charge in [-0.3, -0.25) is 4.79 Å². The van der Waals surface area contributed by atoms with Crippen LogP contribution >= 0.6 is 11.3 Å². The van der Waals surface area contributed by atoms with Crippen LogP contribution in [0.15, 0.2) is 6.07 Å². The molecule has 3 nitrogen and oxygen atoms in total. The van der Waals surface area contributed by atoms with E-state index in [-0.39, 0.29) is 5.91 Å². The molecular formula is C15H24N2OS. The van der Waals surface area contributed by atoms with Gasteiger partial charge in [-0.2, -0.15) is 0 Å². The summed E-state index contributed by atoms with van der Waals surface area (Å²) in [6.07, 6.45) is 6.47. The van der Waals surface area contributed by atoms with Gasteiger partial charge in [0.25, 0.3) is 5.91 Å². The second kappa shape index (κ2) is 6.42. The van der Waals surface area contributed by atoms with Gasteiger partial charge in [0, 0.05) is 17.1 Å². The normalized spacial score (nSPS) is 23.3. The fourth-order valence-electron chi connectivity index (χ4n) is 2.91. The molecule has 0 aliphatic heterocycles. The van der Waals surface area contributed by atoms with Crippen LogP contribution < -0.4 is 11.1 Å². The number of hydrogen-bond acceptors (Lipinski definition) is 3. The first-order chi connectivity index (χ1) is 9.06. The smallest absolute Gasteiger partial charge is 0.261 e. The van der Waals surface area contributed by atoms with Crippen LogP contribution in [0.4, 0.5) is 5.69 Å². The summed E-state index contributed by atoms with van der Waals surface area (Å²) in [4.78, 5) is 13.7. The molecule has 2 atom stereocenters. The molecule has 19 heavy (non-hydrogen) atoms. The Kier molecular flexibility index (Phi) is 4.86. The van der Waals surface area contributed by atoms with E-state index in [1.54, 1.807) is 6.07 Å². The van der Waals surface area contributed by atoms with Crippen molar-refractivity contribution in [2.75, 3.05) is 12.3 Å². The lowest BCUT2D eigenvalue weighted by molar-refractivity contribution is 0.0953. The minimum Gasteiger partial charge on any atom is -0.398 e. The lowest BCUT2D eigenvalue weighted by Crippen LogP contribution is -2.26. The number of anilines is 1. The first-order valence-electron chi connectivity index (χ1n) is 7.20. The molecular weight excluding hydrogens is 256 g/mol. The SMILES string of the molecule is Cc1sc(C(=O)NCCC2CCCC(C)C2)cc1N. The molecule has 1 saturated carbocycles. The summed E-state index contributed by atoms with van der Waals surface area (Å²) >= 11 is 1.47. The molecule has 1 heterocycles. The topological polar surface area (TPSA) is 55.1 Å². The molecule has 0 radical (unpaired) electrons. The van der Waals surface area contributed by atoms with Crippen LogP contribution in [0.3, 0.4) is 0 Å². The van der Waals surface area contributed by atoms with Crippen molar-refractivity contribution >= 4 is 22.9 Å². The molecule has 1 aromatic rings. The van der Waals surface area contributed by atoms with Gasteiger partial charge in [0.05, 0.1) is 4.88 Å². The Bertz CT molecular complexity index is 422. The monoisotopic (exact) mass is 280 g/mol. The van der Waals surface area contributed by atoms with Crippen molar-refractivity contribution in [3.05, 3.63) is 15.8 Å². The lowest BCUT2D eigenvalue weighted by Gasteiger charge is -2.26. The Morgan fingerprint density at radius 3 is 2.95 bits per heavy atom. The Morgan fingerprint density at radius 1 is 1.53 bits per heavy atom. The van der Waals surface area contributed by atoms with Crippen molar-refractivity contribution in [3.8, 4) is 0 Å². The summed E-state index contributed by atoms with van der Waals surface area (Å²) in [5.74, 6) is 1.67. The Labute approximate surface area is 119 Å². The molecule has 0 aromatic carbocycles. The molecule has 1 fully saturated rings. The molecule has 1 aliphatic carbocycles. The zero-order valence-electron chi connectivity index (χ0n) is 11.9. The number of aryl methyl sites for hydroxylation is 1. The first-order valence-corrected chi connectivity index (χ1v) is 8.02. The van der Waals surface area contributed by atoms with Crippen molar-refractivity contribution in [3.63, 3.8) is 0 Å². The molecule has 0 spiro atoms. The number of nitrogens with two attached hydrogens (primary N) is 1. The molecule has 106 valence electrons. The van der Waals surface area contributed by atoms with Gasteiger partial charge in [-0.15, -0.1) is 11.3 Å². The fraction of sp³-hybridized carbons (Fsp3) is 0.667. The van der Waals surface area contributed by atoms with E-state index in [1.165, 1.54) is 37.0 Å². The maximum atomic E-state index is 12.0. The van der Waals surface area contributed by atoms with Crippen molar-refractivity contribution in [1.82, 2.24) is 5.32 Å². The number of amides is 1. The lowest BCUT2D eigenvalue weighted by atomic mass is 9.81. The fourth-order valence-corrected chi connectivity index (χ4v) is 3.76. The van der Waals surface area contributed by atoms with Crippen molar-refractivity contribution in [1.29, 1.82) is 0 Å². The summed E-state index contributed by atoms with van der Waals surface area (Å²) in [6.45, 7) is 5.06. The standard InChI is InChI=1S/C15H24N2OS/c1-10-4-3-5-12(8-10)6-7-17-15(18)14-9-13(16)11(2)19-14/h9-10,12H,3-8,16H2,1-2H3,(H,17,18). The van der Waals surface area contributed by atoms with Gasteiger partial charge in [-0.25, -0.2) is 0 Å². The van der Waals surface area contributed by atoms with Gasteiger partial charge in [-0.05, 0) is 37.7 Å². The third kappa shape index (κ3) is 3.96. The number of rotatable bonds is 4. The highest BCUT2D eigenvalue weighted by atomic mass is 32.1. The molecule has 1 aromatic heterocycles. The van der Waals surface area contributed by atoms with Gasteiger partial charge in [-0.1, -0.05) is 26.2 Å². The van der Waals surface area contributed by atoms with Crippen molar-refractivity contribution < 1.29 is 4.79 Å². The minimum absolute atomic E-state index is 0.0219. The Hall–Kier alpha value is -1.03. The molecule has 3 N–H and O–H groups in total. The number of nitrogens with one attached hydrogen (secondary N) is 1. The van der Waals surface area contributed by atoms with Gasteiger partial charge >= 0.3 is 0 Å². The highest BCUT2D eigenvalue weighted by molar-refractivity contribution is 7.14. The van der Waals surface area contributed by atoms with Crippen LogP contribution in [-0.2, 0) is 0 Å². The first kappa shape index (κ1) is 14.4. The largest absolute Gasteiger partial charge is 0.398 e. The van der Waals surface area contributed by atoms with E-state index in [0.717, 1.165) is 40.2 Å². The van der Waals surface area contributed by atoms with E-state index in [4.69, 9.17) is 5.73 Å². The third-order valence-corrected chi connectivity index (χ3v) is 5.13. The molecule has 2 unspecified atom stereocenters. The van der Waals surface area contributed by atoms with Gasteiger partial charge in [0.15, 0.2) is 0 Å². The summed E-state index contributed by atoms with van der Waals surface area (Å²) < 4.78 is 0. The van der Waals surface area contributed by atoms with E-state index in [9.17, 15) is 4.79 Å². The van der Waals surface area contributed by atoms with Crippen LogP contribution in [0.1, 0.15) is 53.6 Å². The summed E-state index contributed by atoms with van der Waals surface area (Å²) in [5, 5.41) is 3.02. The molecule has 4 heteroatoms. The second-order valence-electron chi connectivity index (χ2n) is 5.80. The average molecular weight is 280 g/mol. The highest BCUT2D eigenvalue weighted by Crippen LogP contribution is 2.30. The number of thiophene rings is 1. The van der Waals surface area contributed by atoms with E-state index in [0.29, 0.717) is 0 Å². The van der Waals surface area contributed by atoms with Crippen LogP contribution in [0.25, 0.3) is 0 Å². The van der Waals surface area contributed by atoms with Crippen LogP contribution in [0.2, 0.25) is 0 Å². The zero-order valence-corrected chi connectivity index (χ0v) is 12.7. The Balaban J connectivity index is 1.74. The summed E-state index contributed by atoms with van der Waals surface area (Å²) in [7, 11) is 0. The average Bonchev–Trinajstić information content (AvgIpc) is 2.70. The Morgan fingerprint density at radius 2 is 2.32 bits per heavy atom. The molecule has 1 aliphatic rings. The van der Waals surface area contributed by atoms with E-state index in [1.807, 2.05) is 6.92 Å². The molecule has 1 amide bonds. The van der Waals surface area contributed by atoms with Gasteiger partial charge in [0.2, 0.25) is 0 Å². The predicted molar refractivity (Wildman–Crippen MR) is 81.5 cm³/mol.